The summed E-state index contributed by atoms with van der Waals surface area (Å²) >= 11 is 0. The molecule has 0 aromatic heterocycles. The third-order valence-corrected chi connectivity index (χ3v) is 5.22. The maximum Gasteiger partial charge on any atom is 0.500 e. The van der Waals surface area contributed by atoms with Gasteiger partial charge in [0.25, 0.3) is 0 Å². The van der Waals surface area contributed by atoms with Gasteiger partial charge in [-0.2, -0.15) is 0 Å². The largest absolute Gasteiger partial charge is 0.500 e. The lowest BCUT2D eigenvalue weighted by Crippen LogP contribution is -2.42. The molecule has 0 fully saturated rings. The topological polar surface area (TPSA) is 46.2 Å². The molecule has 0 bridgehead atoms. The molecule has 16 heavy (non-hydrogen) atoms. The van der Waals surface area contributed by atoms with E-state index in [9.17, 15) is 0 Å². The summed E-state index contributed by atoms with van der Waals surface area (Å²) in [6, 6.07) is 0.824. The van der Waals surface area contributed by atoms with Crippen LogP contribution in [-0.2, 0) is 22.8 Å². The zero-order chi connectivity index (χ0) is 12.3. The van der Waals surface area contributed by atoms with Crippen LogP contribution >= 0.6 is 0 Å². The molecule has 0 aliphatic rings. The third-order valence-electron chi connectivity index (χ3n) is 2.39. The fourth-order valence-electron chi connectivity index (χ4n) is 1.35. The summed E-state index contributed by atoms with van der Waals surface area (Å²) < 4.78 is 26.2. The molecule has 0 atom stereocenters. The number of rotatable bonds is 11. The van der Waals surface area contributed by atoms with E-state index in [2.05, 4.69) is 0 Å². The highest BCUT2D eigenvalue weighted by atomic mass is 28.4. The molecule has 0 rings (SSSR count). The summed E-state index contributed by atoms with van der Waals surface area (Å²) in [5.74, 6) is 0. The number of hydrogen-bond donors (Lipinski definition) is 0. The SMILES string of the molecule is COCCOCCCC[Si](OC)(OC)OC. The van der Waals surface area contributed by atoms with Crippen molar-refractivity contribution in [3.8, 4) is 0 Å². The van der Waals surface area contributed by atoms with E-state index in [1.807, 2.05) is 0 Å². The van der Waals surface area contributed by atoms with Gasteiger partial charge in [-0.15, -0.1) is 0 Å². The molecule has 0 unspecified atom stereocenters. The highest BCUT2D eigenvalue weighted by molar-refractivity contribution is 6.60. The van der Waals surface area contributed by atoms with Gasteiger partial charge < -0.3 is 22.8 Å². The van der Waals surface area contributed by atoms with Crippen molar-refractivity contribution in [2.75, 3.05) is 48.3 Å². The Kier molecular flexibility index (Phi) is 10.2. The molecular formula is C10H24O5Si. The molecule has 0 aliphatic carbocycles. The van der Waals surface area contributed by atoms with Crippen molar-refractivity contribution in [3.63, 3.8) is 0 Å². The van der Waals surface area contributed by atoms with Crippen molar-refractivity contribution in [1.29, 1.82) is 0 Å². The Hall–Kier alpha value is 0.0169. The Morgan fingerprint density at radius 2 is 1.38 bits per heavy atom. The summed E-state index contributed by atoms with van der Waals surface area (Å²) in [5.41, 5.74) is 0. The first-order chi connectivity index (χ1) is 7.74. The van der Waals surface area contributed by atoms with Crippen LogP contribution in [0, 0.1) is 0 Å². The Bertz CT molecular complexity index is 144. The summed E-state index contributed by atoms with van der Waals surface area (Å²) in [5, 5.41) is 0. The number of unbranched alkanes of at least 4 members (excludes halogenated alkanes) is 1. The van der Waals surface area contributed by atoms with Crippen LogP contribution in [0.2, 0.25) is 6.04 Å². The molecule has 6 heteroatoms. The van der Waals surface area contributed by atoms with Gasteiger partial charge in [-0.3, -0.25) is 0 Å². The Morgan fingerprint density at radius 1 is 0.750 bits per heavy atom. The first-order valence-electron chi connectivity index (χ1n) is 5.46. The van der Waals surface area contributed by atoms with E-state index in [4.69, 9.17) is 22.8 Å². The molecule has 0 aliphatic heterocycles. The van der Waals surface area contributed by atoms with E-state index in [-0.39, 0.29) is 0 Å². The Morgan fingerprint density at radius 3 is 1.88 bits per heavy atom. The van der Waals surface area contributed by atoms with Gasteiger partial charge >= 0.3 is 8.80 Å². The van der Waals surface area contributed by atoms with Crippen LogP contribution < -0.4 is 0 Å². The molecule has 0 radical (unpaired) electrons. The van der Waals surface area contributed by atoms with Crippen molar-refractivity contribution in [2.24, 2.45) is 0 Å². The first-order valence-corrected chi connectivity index (χ1v) is 7.40. The molecule has 0 spiro atoms. The zero-order valence-electron chi connectivity index (χ0n) is 10.8. The smallest absolute Gasteiger partial charge is 0.382 e. The number of hydrogen-bond acceptors (Lipinski definition) is 5. The first kappa shape index (κ1) is 16.0. The van der Waals surface area contributed by atoms with Crippen LogP contribution in [0.5, 0.6) is 0 Å². The van der Waals surface area contributed by atoms with Crippen molar-refractivity contribution in [3.05, 3.63) is 0 Å². The molecule has 0 heterocycles. The van der Waals surface area contributed by atoms with E-state index >= 15 is 0 Å². The predicted molar refractivity (Wildman–Crippen MR) is 63.5 cm³/mol. The molecule has 98 valence electrons. The fourth-order valence-corrected chi connectivity index (χ4v) is 3.14. The molecule has 5 nitrogen and oxygen atoms in total. The van der Waals surface area contributed by atoms with Gasteiger partial charge in [0.1, 0.15) is 0 Å². The van der Waals surface area contributed by atoms with Gasteiger partial charge in [-0.25, -0.2) is 0 Å². The van der Waals surface area contributed by atoms with E-state index in [0.29, 0.717) is 13.2 Å². The highest BCUT2D eigenvalue weighted by Gasteiger charge is 2.36. The summed E-state index contributed by atoms with van der Waals surface area (Å²) in [6.07, 6.45) is 1.96. The van der Waals surface area contributed by atoms with Gasteiger partial charge in [-0.1, -0.05) is 0 Å². The maximum atomic E-state index is 5.36. The van der Waals surface area contributed by atoms with E-state index in [1.54, 1.807) is 28.4 Å². The minimum atomic E-state index is -2.37. The van der Waals surface area contributed by atoms with Gasteiger partial charge in [0.15, 0.2) is 0 Å². The average molecular weight is 252 g/mol. The second-order valence-electron chi connectivity index (χ2n) is 3.36. The lowest BCUT2D eigenvalue weighted by atomic mass is 10.4. The summed E-state index contributed by atoms with van der Waals surface area (Å²) in [7, 11) is 4.19. The molecule has 0 N–H and O–H groups in total. The van der Waals surface area contributed by atoms with E-state index in [0.717, 1.165) is 25.5 Å². The van der Waals surface area contributed by atoms with Gasteiger partial charge in [0.2, 0.25) is 0 Å². The van der Waals surface area contributed by atoms with Crippen molar-refractivity contribution in [2.45, 2.75) is 18.9 Å². The minimum Gasteiger partial charge on any atom is -0.382 e. The second-order valence-corrected chi connectivity index (χ2v) is 6.45. The third kappa shape index (κ3) is 6.57. The lowest BCUT2D eigenvalue weighted by molar-refractivity contribution is 0.0680. The van der Waals surface area contributed by atoms with Gasteiger partial charge in [0, 0.05) is 41.1 Å². The molecule has 0 aromatic carbocycles. The summed E-state index contributed by atoms with van der Waals surface area (Å²) in [4.78, 5) is 0. The molecular weight excluding hydrogens is 228 g/mol. The molecule has 0 saturated heterocycles. The Labute approximate surface area is 99.3 Å². The number of methoxy groups -OCH3 is 1. The van der Waals surface area contributed by atoms with Crippen LogP contribution in [0.1, 0.15) is 12.8 Å². The standard InChI is InChI=1S/C10H24O5Si/c1-11-8-9-15-7-5-6-10-16(12-2,13-3)14-4/h5-10H2,1-4H3. The average Bonchev–Trinajstić information content (AvgIpc) is 2.34. The van der Waals surface area contributed by atoms with Gasteiger partial charge in [-0.05, 0) is 12.8 Å². The molecule has 0 amide bonds. The predicted octanol–water partition coefficient (Wildman–Crippen LogP) is 1.31. The van der Waals surface area contributed by atoms with Crippen LogP contribution in [-0.4, -0.2) is 57.1 Å². The zero-order valence-corrected chi connectivity index (χ0v) is 11.8. The maximum absolute atomic E-state index is 5.36. The summed E-state index contributed by atoms with van der Waals surface area (Å²) in [6.45, 7) is 2.04. The van der Waals surface area contributed by atoms with Crippen LogP contribution in [0.15, 0.2) is 0 Å². The number of ether oxygens (including phenoxy) is 2. The van der Waals surface area contributed by atoms with Crippen LogP contribution in [0.25, 0.3) is 0 Å². The Balaban J connectivity index is 3.48. The van der Waals surface area contributed by atoms with E-state index in [1.165, 1.54) is 0 Å². The van der Waals surface area contributed by atoms with Gasteiger partial charge in [0.05, 0.1) is 13.2 Å². The molecule has 0 aromatic rings. The quantitative estimate of drug-likeness (QED) is 0.410. The van der Waals surface area contributed by atoms with Crippen LogP contribution in [0.3, 0.4) is 0 Å². The second kappa shape index (κ2) is 10.2. The molecule has 0 saturated carbocycles. The van der Waals surface area contributed by atoms with Crippen molar-refractivity contribution >= 4 is 8.80 Å². The minimum absolute atomic E-state index is 0.646. The normalized spacial score (nSPS) is 12.0. The highest BCUT2D eigenvalue weighted by Crippen LogP contribution is 2.16. The fraction of sp³-hybridized carbons (Fsp3) is 1.00. The van der Waals surface area contributed by atoms with Crippen LogP contribution in [0.4, 0.5) is 0 Å². The monoisotopic (exact) mass is 252 g/mol. The van der Waals surface area contributed by atoms with E-state index < -0.39 is 8.80 Å². The van der Waals surface area contributed by atoms with Crippen molar-refractivity contribution < 1.29 is 22.8 Å². The lowest BCUT2D eigenvalue weighted by Gasteiger charge is -2.24. The van der Waals surface area contributed by atoms with Crippen molar-refractivity contribution in [1.82, 2.24) is 0 Å².